The van der Waals surface area contributed by atoms with Gasteiger partial charge < -0.3 is 57.8 Å². The number of carbonyl (C=O) groups is 2. The molecule has 6 aromatic rings. The molecule has 2 N–H and O–H groups in total. The van der Waals surface area contributed by atoms with E-state index in [4.69, 9.17) is 47.4 Å². The Kier molecular flexibility index (Phi) is 19.6. The van der Waals surface area contributed by atoms with E-state index in [2.05, 4.69) is 5.32 Å². The van der Waals surface area contributed by atoms with Crippen LogP contribution in [0.5, 0.6) is 0 Å². The number of aliphatic hydroxyl groups excluding tert-OH is 1. The summed E-state index contributed by atoms with van der Waals surface area (Å²) in [5.74, 6) is -0.913. The summed E-state index contributed by atoms with van der Waals surface area (Å²) in [6.45, 7) is 2.34. The summed E-state index contributed by atoms with van der Waals surface area (Å²) in [7, 11) is 1.33. The first kappa shape index (κ1) is 52.2. The Bertz CT molecular complexity index is 2520. The molecule has 2 aliphatic heterocycles. The fourth-order valence-corrected chi connectivity index (χ4v) is 8.72. The molecule has 2 saturated heterocycles. The Labute approximate surface area is 421 Å². The van der Waals surface area contributed by atoms with Crippen LogP contribution in [0.3, 0.4) is 0 Å². The molecule has 0 aliphatic carbocycles. The topological polar surface area (TPSA) is 159 Å². The maximum absolute atomic E-state index is 12.9. The second-order valence-electron chi connectivity index (χ2n) is 17.7. The van der Waals surface area contributed by atoms with Crippen LogP contribution >= 0.6 is 0 Å². The molecule has 10 atom stereocenters. The third kappa shape index (κ3) is 15.0. The lowest BCUT2D eigenvalue weighted by Gasteiger charge is -2.49. The van der Waals surface area contributed by atoms with E-state index in [1.165, 1.54) is 14.0 Å². The molecule has 2 fully saturated rings. The van der Waals surface area contributed by atoms with Crippen molar-refractivity contribution >= 4 is 11.9 Å². The highest BCUT2D eigenvalue weighted by atomic mass is 16.8. The molecule has 0 unspecified atom stereocenters. The number of ether oxygens (including phenoxy) is 10. The van der Waals surface area contributed by atoms with Crippen LogP contribution in [0.15, 0.2) is 176 Å². The third-order valence-corrected chi connectivity index (χ3v) is 12.3. The summed E-state index contributed by atoms with van der Waals surface area (Å²) in [6, 6.07) is 54.4. The molecule has 2 aliphatic rings. The van der Waals surface area contributed by atoms with E-state index in [0.29, 0.717) is 11.1 Å². The normalized spacial score (nSPS) is 24.0. The molecule has 2 heterocycles. The Balaban J connectivity index is 1.17. The van der Waals surface area contributed by atoms with Gasteiger partial charge in [0.25, 0.3) is 0 Å². The molecule has 378 valence electrons. The predicted molar refractivity (Wildman–Crippen MR) is 266 cm³/mol. The molecule has 0 aromatic heterocycles. The fourth-order valence-electron chi connectivity index (χ4n) is 8.72. The molecule has 14 nitrogen and oxygen atoms in total. The van der Waals surface area contributed by atoms with Crippen LogP contribution < -0.4 is 5.32 Å². The monoisotopic (exact) mass is 981 g/mol. The van der Waals surface area contributed by atoms with Gasteiger partial charge >= 0.3 is 5.97 Å². The molecular weight excluding hydrogens is 919 g/mol. The molecule has 14 heteroatoms. The van der Waals surface area contributed by atoms with Crippen molar-refractivity contribution in [2.24, 2.45) is 0 Å². The lowest BCUT2D eigenvalue weighted by Crippen LogP contribution is -2.68. The van der Waals surface area contributed by atoms with Crippen LogP contribution in [-0.2, 0) is 91.8 Å². The predicted octanol–water partition coefficient (Wildman–Crippen LogP) is 7.88. The van der Waals surface area contributed by atoms with Gasteiger partial charge in [0.2, 0.25) is 5.91 Å². The largest absolute Gasteiger partial charge is 0.465 e. The average molecular weight is 982 g/mol. The van der Waals surface area contributed by atoms with Crippen LogP contribution in [0.2, 0.25) is 0 Å². The Morgan fingerprint density at radius 2 is 0.903 bits per heavy atom. The third-order valence-electron chi connectivity index (χ3n) is 12.3. The molecule has 1 amide bonds. The SMILES string of the molecule is COC(=O)c1cccc(CO[C@H]2[C@@H](O[C@H]3[C@H](O)[C@@H](NC(C)=O)[C@H](OCc4ccccc4)O[C@@H]3COCc3ccccc3)O[C@H](COCc3ccccc3)[C@@H](OCc3ccccc3)[C@@H]2OCc2ccccc2)c1. The van der Waals surface area contributed by atoms with Crippen molar-refractivity contribution in [3.63, 3.8) is 0 Å². The Morgan fingerprint density at radius 1 is 0.486 bits per heavy atom. The van der Waals surface area contributed by atoms with E-state index in [1.807, 2.05) is 158 Å². The van der Waals surface area contributed by atoms with Crippen molar-refractivity contribution in [2.45, 2.75) is 108 Å². The molecule has 0 radical (unpaired) electrons. The number of aliphatic hydroxyl groups is 1. The number of carbonyl (C=O) groups excluding carboxylic acids is 2. The molecule has 0 bridgehead atoms. The summed E-state index contributed by atoms with van der Waals surface area (Å²) in [5.41, 5.74) is 5.58. The van der Waals surface area contributed by atoms with Crippen LogP contribution in [0.25, 0.3) is 0 Å². The van der Waals surface area contributed by atoms with Gasteiger partial charge in [-0.05, 0) is 45.5 Å². The number of hydrogen-bond donors (Lipinski definition) is 2. The minimum absolute atomic E-state index is 0.0260. The first-order valence-corrected chi connectivity index (χ1v) is 24.2. The Hall–Kier alpha value is -6.14. The zero-order chi connectivity index (χ0) is 49.9. The van der Waals surface area contributed by atoms with Gasteiger partial charge in [-0.15, -0.1) is 0 Å². The van der Waals surface area contributed by atoms with Crippen molar-refractivity contribution < 1.29 is 62.1 Å². The van der Waals surface area contributed by atoms with E-state index in [1.54, 1.807) is 18.2 Å². The molecule has 0 spiro atoms. The quantitative estimate of drug-likeness (QED) is 0.0565. The summed E-state index contributed by atoms with van der Waals surface area (Å²) >= 11 is 0. The Morgan fingerprint density at radius 3 is 1.40 bits per heavy atom. The highest BCUT2D eigenvalue weighted by Gasteiger charge is 2.54. The van der Waals surface area contributed by atoms with Crippen LogP contribution in [0.4, 0.5) is 0 Å². The van der Waals surface area contributed by atoms with Gasteiger partial charge in [-0.2, -0.15) is 0 Å². The van der Waals surface area contributed by atoms with Crippen LogP contribution in [0.1, 0.15) is 50.7 Å². The van der Waals surface area contributed by atoms with Gasteiger partial charge in [0.1, 0.15) is 48.8 Å². The molecule has 0 saturated carbocycles. The van der Waals surface area contributed by atoms with Gasteiger partial charge in [-0.3, -0.25) is 4.79 Å². The first-order valence-electron chi connectivity index (χ1n) is 24.2. The number of amides is 1. The molecule has 8 rings (SSSR count). The second kappa shape index (κ2) is 27.1. The second-order valence-corrected chi connectivity index (χ2v) is 17.7. The number of methoxy groups -OCH3 is 1. The smallest absolute Gasteiger partial charge is 0.337 e. The van der Waals surface area contributed by atoms with E-state index in [9.17, 15) is 14.7 Å². The lowest BCUT2D eigenvalue weighted by molar-refractivity contribution is -0.363. The van der Waals surface area contributed by atoms with Crippen molar-refractivity contribution in [3.05, 3.63) is 215 Å². The number of nitrogens with one attached hydrogen (secondary N) is 1. The number of hydrogen-bond acceptors (Lipinski definition) is 13. The molecule has 6 aromatic carbocycles. The maximum Gasteiger partial charge on any atom is 0.337 e. The summed E-state index contributed by atoms with van der Waals surface area (Å²) < 4.78 is 65.7. The van der Waals surface area contributed by atoms with Crippen molar-refractivity contribution in [3.8, 4) is 0 Å². The zero-order valence-electron chi connectivity index (χ0n) is 40.5. The lowest BCUT2D eigenvalue weighted by atomic mass is 9.95. The highest BCUT2D eigenvalue weighted by Crippen LogP contribution is 2.35. The summed E-state index contributed by atoms with van der Waals surface area (Å²) in [4.78, 5) is 25.6. The number of esters is 1. The van der Waals surface area contributed by atoms with Gasteiger partial charge in [0.05, 0.1) is 65.5 Å². The highest BCUT2D eigenvalue weighted by molar-refractivity contribution is 5.89. The zero-order valence-corrected chi connectivity index (χ0v) is 40.5. The molecule has 72 heavy (non-hydrogen) atoms. The number of rotatable bonds is 24. The number of benzene rings is 6. The van der Waals surface area contributed by atoms with Gasteiger partial charge in [-0.25, -0.2) is 4.79 Å². The standard InChI is InChI=1S/C58H63NO13/c1-40(60)59-50-51(61)52(48(38-64-32-41-19-8-3-9-20-41)70-57(50)69-36-45-27-16-7-17-28-45)72-58-55(68-37-46-29-18-30-47(31-46)56(62)63-2)54(67-35-44-25-14-6-15-26-44)53(66-34-43-23-12-5-13-24-43)49(71-58)39-65-33-42-21-10-4-11-22-42/h3-31,48-55,57-58,61H,32-39H2,1-2H3,(H,59,60)/t48-,49-,50-,51-,52-,53-,54+,55-,57-,58-/m1/s1. The van der Waals surface area contributed by atoms with Crippen molar-refractivity contribution in [1.29, 1.82) is 0 Å². The van der Waals surface area contributed by atoms with Gasteiger partial charge in [0, 0.05) is 6.92 Å². The fraction of sp³-hybridized carbons (Fsp3) is 0.345. The van der Waals surface area contributed by atoms with E-state index >= 15 is 0 Å². The van der Waals surface area contributed by atoms with Crippen LogP contribution in [-0.4, -0.2) is 98.7 Å². The van der Waals surface area contributed by atoms with E-state index in [0.717, 1.165) is 27.8 Å². The van der Waals surface area contributed by atoms with E-state index < -0.39 is 73.2 Å². The van der Waals surface area contributed by atoms with E-state index in [-0.39, 0.29) is 52.9 Å². The minimum Gasteiger partial charge on any atom is -0.465 e. The van der Waals surface area contributed by atoms with Crippen molar-refractivity contribution in [1.82, 2.24) is 5.32 Å². The minimum atomic E-state index is -1.43. The van der Waals surface area contributed by atoms with Gasteiger partial charge in [0.15, 0.2) is 12.6 Å². The van der Waals surface area contributed by atoms with Crippen molar-refractivity contribution in [2.75, 3.05) is 20.3 Å². The summed E-state index contributed by atoms with van der Waals surface area (Å²) in [6.07, 6.45) is -9.63. The summed E-state index contributed by atoms with van der Waals surface area (Å²) in [5, 5.41) is 15.5. The van der Waals surface area contributed by atoms with Crippen LogP contribution in [0, 0.1) is 0 Å². The van der Waals surface area contributed by atoms with Gasteiger partial charge in [-0.1, -0.05) is 164 Å². The average Bonchev–Trinajstić information content (AvgIpc) is 3.42. The first-order chi connectivity index (χ1) is 35.3. The molecular formula is C58H63NO13. The maximum atomic E-state index is 12.9.